The number of carbonyl (C=O) groups is 2. The van der Waals surface area contributed by atoms with Crippen molar-refractivity contribution in [3.63, 3.8) is 0 Å². The fourth-order valence-electron chi connectivity index (χ4n) is 4.88. The maximum Gasteiger partial charge on any atom is 0.414 e. The molecule has 0 radical (unpaired) electrons. The number of anilines is 2. The number of nitrogens with zero attached hydrogens (tertiary/aromatic N) is 4. The van der Waals surface area contributed by atoms with Gasteiger partial charge < -0.3 is 15.4 Å². The van der Waals surface area contributed by atoms with Gasteiger partial charge in [0.25, 0.3) is 0 Å². The summed E-state index contributed by atoms with van der Waals surface area (Å²) in [5.74, 6) is -0.268. The van der Waals surface area contributed by atoms with Gasteiger partial charge in [-0.15, -0.1) is 0 Å². The minimum Gasteiger partial charge on any atom is -0.447 e. The molecule has 2 aliphatic heterocycles. The van der Waals surface area contributed by atoms with Crippen LogP contribution < -0.4 is 15.5 Å². The summed E-state index contributed by atoms with van der Waals surface area (Å²) in [7, 11) is 0. The zero-order valence-corrected chi connectivity index (χ0v) is 19.5. The second-order valence-corrected chi connectivity index (χ2v) is 9.01. The monoisotopic (exact) mass is 461 g/mol. The molecular weight excluding hydrogens is 430 g/mol. The Kier molecular flexibility index (Phi) is 7.33. The minimum atomic E-state index is -0.310. The lowest BCUT2D eigenvalue weighted by atomic mass is 9.99. The predicted octanol–water partition coefficient (Wildman–Crippen LogP) is 3.25. The molecule has 2 aliphatic rings. The van der Waals surface area contributed by atoms with Crippen LogP contribution >= 0.6 is 0 Å². The molecule has 2 saturated heterocycles. The van der Waals surface area contributed by atoms with E-state index in [0.29, 0.717) is 37.7 Å². The van der Waals surface area contributed by atoms with E-state index in [9.17, 15) is 14.9 Å². The number of carbonyl (C=O) groups excluding carboxylic acids is 2. The van der Waals surface area contributed by atoms with Crippen molar-refractivity contribution in [2.24, 2.45) is 5.73 Å². The van der Waals surface area contributed by atoms with Gasteiger partial charge in [-0.1, -0.05) is 12.1 Å². The van der Waals surface area contributed by atoms with Gasteiger partial charge in [0, 0.05) is 49.5 Å². The van der Waals surface area contributed by atoms with Gasteiger partial charge in [-0.2, -0.15) is 5.26 Å². The molecule has 2 amide bonds. The minimum absolute atomic E-state index is 0.138. The zero-order chi connectivity index (χ0) is 24.1. The number of rotatable bonds is 8. The molecule has 0 spiro atoms. The number of primary amides is 1. The van der Waals surface area contributed by atoms with Crippen molar-refractivity contribution >= 4 is 23.4 Å². The van der Waals surface area contributed by atoms with Gasteiger partial charge in [0.1, 0.15) is 6.61 Å². The summed E-state index contributed by atoms with van der Waals surface area (Å²) < 4.78 is 5.06. The van der Waals surface area contributed by atoms with E-state index in [4.69, 9.17) is 10.5 Å². The lowest BCUT2D eigenvalue weighted by molar-refractivity contribution is -0.119. The van der Waals surface area contributed by atoms with Crippen LogP contribution in [0.3, 0.4) is 0 Å². The normalized spacial score (nSPS) is 17.8. The van der Waals surface area contributed by atoms with Gasteiger partial charge in [0.05, 0.1) is 18.2 Å². The summed E-state index contributed by atoms with van der Waals surface area (Å²) in [6.45, 7) is 5.50. The average Bonchev–Trinajstić information content (AvgIpc) is 3.28. The summed E-state index contributed by atoms with van der Waals surface area (Å²) in [6, 6.07) is 18.4. The van der Waals surface area contributed by atoms with Gasteiger partial charge >= 0.3 is 6.09 Å². The van der Waals surface area contributed by atoms with Crippen molar-refractivity contribution in [2.75, 3.05) is 36.0 Å². The molecule has 0 aliphatic carbocycles. The third kappa shape index (κ3) is 5.49. The fraction of sp³-hybridized carbons (Fsp3) is 0.423. The first-order valence-electron chi connectivity index (χ1n) is 11.8. The van der Waals surface area contributed by atoms with E-state index in [1.807, 2.05) is 36.4 Å². The van der Waals surface area contributed by atoms with E-state index in [0.717, 1.165) is 42.9 Å². The number of likely N-dealkylation sites (tertiary alicyclic amines) is 1. The number of nitrogens with two attached hydrogens (primary N) is 1. The Bertz CT molecular complexity index is 1060. The van der Waals surface area contributed by atoms with Gasteiger partial charge in [-0.05, 0) is 61.7 Å². The maximum atomic E-state index is 11.9. The van der Waals surface area contributed by atoms with Crippen LogP contribution in [0.2, 0.25) is 0 Å². The molecule has 34 heavy (non-hydrogen) atoms. The number of piperidine rings is 1. The van der Waals surface area contributed by atoms with Crippen molar-refractivity contribution in [3.8, 4) is 6.07 Å². The molecule has 1 atom stereocenters. The number of benzene rings is 2. The van der Waals surface area contributed by atoms with Gasteiger partial charge in [-0.25, -0.2) is 4.79 Å². The SMILES string of the molecule is CC(CC(N)=O)N1CCC(N(Cc2cccc(C#N)c2)c2ccc(N3CCOC3=O)cc2)CC1. The molecule has 0 aromatic heterocycles. The molecule has 8 nitrogen and oxygen atoms in total. The highest BCUT2D eigenvalue weighted by Gasteiger charge is 2.28. The summed E-state index contributed by atoms with van der Waals surface area (Å²) in [5.41, 5.74) is 9.02. The first-order valence-corrected chi connectivity index (χ1v) is 11.8. The number of hydrogen-bond donors (Lipinski definition) is 1. The Labute approximate surface area is 200 Å². The number of cyclic esters (lactones) is 1. The number of hydrogen-bond acceptors (Lipinski definition) is 6. The standard InChI is InChI=1S/C26H31N5O3/c1-19(15-25(28)32)29-11-9-24(10-12-29)31(18-21-4-2-3-20(16-21)17-27)23-7-5-22(6-8-23)30-13-14-34-26(30)33/h2-8,16,19,24H,9-15,18H2,1H3,(H2,28,32). The second kappa shape index (κ2) is 10.6. The van der Waals surface area contributed by atoms with Gasteiger partial charge in [0.2, 0.25) is 5.91 Å². The number of amides is 2. The maximum absolute atomic E-state index is 11.9. The summed E-state index contributed by atoms with van der Waals surface area (Å²) in [5, 5.41) is 9.32. The highest BCUT2D eigenvalue weighted by atomic mass is 16.6. The van der Waals surface area contributed by atoms with E-state index in [2.05, 4.69) is 34.9 Å². The molecular formula is C26H31N5O3. The van der Waals surface area contributed by atoms with Gasteiger partial charge in [0.15, 0.2) is 0 Å². The van der Waals surface area contributed by atoms with Crippen LogP contribution in [0.4, 0.5) is 16.2 Å². The molecule has 0 bridgehead atoms. The van der Waals surface area contributed by atoms with E-state index in [1.54, 1.807) is 4.90 Å². The van der Waals surface area contributed by atoms with Crippen LogP contribution in [0.15, 0.2) is 48.5 Å². The Morgan fingerprint density at radius 1 is 1.21 bits per heavy atom. The number of nitriles is 1. The molecule has 1 unspecified atom stereocenters. The zero-order valence-electron chi connectivity index (χ0n) is 19.5. The van der Waals surface area contributed by atoms with Crippen LogP contribution in [0.1, 0.15) is 37.3 Å². The Balaban J connectivity index is 1.53. The second-order valence-electron chi connectivity index (χ2n) is 9.01. The molecule has 178 valence electrons. The smallest absolute Gasteiger partial charge is 0.414 e. The van der Waals surface area contributed by atoms with Crippen LogP contribution in [0.5, 0.6) is 0 Å². The summed E-state index contributed by atoms with van der Waals surface area (Å²) in [4.78, 5) is 29.6. The quantitative estimate of drug-likeness (QED) is 0.647. The Morgan fingerprint density at radius 3 is 2.56 bits per heavy atom. The van der Waals surface area contributed by atoms with E-state index >= 15 is 0 Å². The highest BCUT2D eigenvalue weighted by molar-refractivity contribution is 5.89. The molecule has 2 heterocycles. The molecule has 2 aromatic rings. The largest absolute Gasteiger partial charge is 0.447 e. The Hall–Kier alpha value is -3.57. The van der Waals surface area contributed by atoms with E-state index < -0.39 is 0 Å². The molecule has 2 N–H and O–H groups in total. The first-order chi connectivity index (χ1) is 16.4. The molecule has 0 saturated carbocycles. The third-order valence-electron chi connectivity index (χ3n) is 6.72. The van der Waals surface area contributed by atoms with Crippen molar-refractivity contribution in [1.82, 2.24) is 4.90 Å². The van der Waals surface area contributed by atoms with Crippen molar-refractivity contribution < 1.29 is 14.3 Å². The van der Waals surface area contributed by atoms with Crippen LogP contribution in [-0.2, 0) is 16.1 Å². The molecule has 2 aromatic carbocycles. The van der Waals surface area contributed by atoms with Crippen LogP contribution in [0, 0.1) is 11.3 Å². The number of ether oxygens (including phenoxy) is 1. The van der Waals surface area contributed by atoms with Crippen molar-refractivity contribution in [2.45, 2.75) is 44.8 Å². The molecule has 4 rings (SSSR count). The Morgan fingerprint density at radius 2 is 1.94 bits per heavy atom. The van der Waals surface area contributed by atoms with Gasteiger partial charge in [-0.3, -0.25) is 14.6 Å². The molecule has 2 fully saturated rings. The lowest BCUT2D eigenvalue weighted by Crippen LogP contribution is -2.48. The first kappa shape index (κ1) is 23.6. The lowest BCUT2D eigenvalue weighted by Gasteiger charge is -2.41. The van der Waals surface area contributed by atoms with E-state index in [1.165, 1.54) is 0 Å². The summed E-state index contributed by atoms with van der Waals surface area (Å²) >= 11 is 0. The predicted molar refractivity (Wildman–Crippen MR) is 130 cm³/mol. The molecule has 8 heteroatoms. The van der Waals surface area contributed by atoms with Crippen molar-refractivity contribution in [1.29, 1.82) is 5.26 Å². The summed E-state index contributed by atoms with van der Waals surface area (Å²) in [6.07, 6.45) is 1.98. The van der Waals surface area contributed by atoms with Crippen LogP contribution in [-0.4, -0.2) is 55.2 Å². The van der Waals surface area contributed by atoms with Crippen molar-refractivity contribution in [3.05, 3.63) is 59.7 Å². The fourth-order valence-corrected chi connectivity index (χ4v) is 4.88. The van der Waals surface area contributed by atoms with Crippen LogP contribution in [0.25, 0.3) is 0 Å². The van der Waals surface area contributed by atoms with E-state index in [-0.39, 0.29) is 18.0 Å². The third-order valence-corrected chi connectivity index (χ3v) is 6.72. The highest BCUT2D eigenvalue weighted by Crippen LogP contribution is 2.29. The topological polar surface area (TPSA) is 103 Å². The average molecular weight is 462 g/mol.